The molecule has 1 fully saturated rings. The third kappa shape index (κ3) is 4.93. The molecule has 2 unspecified atom stereocenters. The van der Waals surface area contributed by atoms with Gasteiger partial charge in [0, 0.05) is 22.3 Å². The van der Waals surface area contributed by atoms with Crippen LogP contribution in [0.2, 0.25) is 0 Å². The van der Waals surface area contributed by atoms with Crippen molar-refractivity contribution in [2.75, 3.05) is 26.2 Å². The second-order valence-electron chi connectivity index (χ2n) is 8.97. The molecule has 2 aliphatic heterocycles. The number of fused-ring (bicyclic) bond motifs is 1. The summed E-state index contributed by atoms with van der Waals surface area (Å²) in [4.78, 5) is 17.1. The molecule has 2 N–H and O–H groups in total. The maximum Gasteiger partial charge on any atom is 0.171 e. The summed E-state index contributed by atoms with van der Waals surface area (Å²) < 4.78 is 5.93. The van der Waals surface area contributed by atoms with Crippen molar-refractivity contribution in [3.05, 3.63) is 83.4 Å². The van der Waals surface area contributed by atoms with Crippen LogP contribution in [0.3, 0.4) is 0 Å². The Balaban J connectivity index is 1.32. The number of ketones is 1. The van der Waals surface area contributed by atoms with Crippen molar-refractivity contribution in [1.82, 2.24) is 4.90 Å². The maximum atomic E-state index is 13.7. The summed E-state index contributed by atoms with van der Waals surface area (Å²) in [5, 5.41) is 19.5. The number of rotatable bonds is 7. The van der Waals surface area contributed by atoms with Crippen molar-refractivity contribution in [2.24, 2.45) is 0 Å². The Hall–Kier alpha value is -2.96. The number of phenolic OH excluding ortho intramolecular Hbond substituents is 2. The van der Waals surface area contributed by atoms with Crippen LogP contribution < -0.4 is 4.74 Å². The van der Waals surface area contributed by atoms with E-state index in [-0.39, 0.29) is 28.5 Å². The van der Waals surface area contributed by atoms with E-state index in [9.17, 15) is 15.0 Å². The largest absolute Gasteiger partial charge is 0.508 e. The summed E-state index contributed by atoms with van der Waals surface area (Å²) in [5.74, 6) is 0.816. The second kappa shape index (κ2) is 10.1. The van der Waals surface area contributed by atoms with E-state index in [1.165, 1.54) is 19.3 Å². The third-order valence-electron chi connectivity index (χ3n) is 6.66. The summed E-state index contributed by atoms with van der Waals surface area (Å²) in [6.07, 6.45) is 3.86. The summed E-state index contributed by atoms with van der Waals surface area (Å²) >= 11 is 1.58. The minimum Gasteiger partial charge on any atom is -0.508 e. The summed E-state index contributed by atoms with van der Waals surface area (Å²) in [5.41, 5.74) is 2.53. The fourth-order valence-corrected chi connectivity index (χ4v) is 6.32. The number of carbonyl (C=O) groups excluding carboxylic acids is 1. The molecular formula is C28H29NO4S. The number of nitrogens with zero attached hydrogens (tertiary/aromatic N) is 1. The highest BCUT2D eigenvalue weighted by atomic mass is 32.2. The molecule has 6 heteroatoms. The van der Waals surface area contributed by atoms with Gasteiger partial charge in [0.15, 0.2) is 5.78 Å². The number of likely N-dealkylation sites (tertiary alicyclic amines) is 1. The van der Waals surface area contributed by atoms with E-state index >= 15 is 0 Å². The predicted octanol–water partition coefficient (Wildman–Crippen LogP) is 5.78. The molecule has 0 radical (unpaired) electrons. The Morgan fingerprint density at radius 3 is 2.35 bits per heavy atom. The molecule has 0 saturated carbocycles. The first-order valence-corrected chi connectivity index (χ1v) is 12.7. The van der Waals surface area contributed by atoms with Gasteiger partial charge in [0.25, 0.3) is 0 Å². The molecule has 2 aliphatic rings. The van der Waals surface area contributed by atoms with Gasteiger partial charge in [-0.1, -0.05) is 24.6 Å². The van der Waals surface area contributed by atoms with Crippen molar-refractivity contribution < 1.29 is 19.7 Å². The lowest BCUT2D eigenvalue weighted by Gasteiger charge is -2.26. The number of hydrogen-bond donors (Lipinski definition) is 2. The van der Waals surface area contributed by atoms with Crippen LogP contribution in [0.1, 0.15) is 51.9 Å². The zero-order chi connectivity index (χ0) is 23.5. The van der Waals surface area contributed by atoms with E-state index in [0.717, 1.165) is 41.4 Å². The first-order chi connectivity index (χ1) is 16.6. The number of Topliss-reactive ketones (excluding diaryl/α,β-unsaturated/α-hetero) is 1. The number of thioether (sulfide) groups is 1. The average molecular weight is 476 g/mol. The number of ether oxygens (including phenoxy) is 1. The minimum atomic E-state index is -0.379. The molecule has 34 heavy (non-hydrogen) atoms. The van der Waals surface area contributed by atoms with Gasteiger partial charge in [0.05, 0.1) is 5.92 Å². The molecule has 1 saturated heterocycles. The molecule has 2 atom stereocenters. The fourth-order valence-electron chi connectivity index (χ4n) is 4.82. The highest BCUT2D eigenvalue weighted by molar-refractivity contribution is 8.00. The van der Waals surface area contributed by atoms with Gasteiger partial charge in [-0.05, 0) is 85.6 Å². The van der Waals surface area contributed by atoms with Crippen molar-refractivity contribution in [2.45, 2.75) is 35.3 Å². The van der Waals surface area contributed by atoms with Crippen LogP contribution in [0, 0.1) is 0 Å². The smallest absolute Gasteiger partial charge is 0.171 e. The molecule has 3 aromatic carbocycles. The average Bonchev–Trinajstić information content (AvgIpc) is 3.23. The van der Waals surface area contributed by atoms with Crippen molar-refractivity contribution in [3.63, 3.8) is 0 Å². The monoisotopic (exact) mass is 475 g/mol. The van der Waals surface area contributed by atoms with Crippen LogP contribution in [0.25, 0.3) is 0 Å². The molecule has 0 bridgehead atoms. The zero-order valence-corrected chi connectivity index (χ0v) is 19.8. The van der Waals surface area contributed by atoms with E-state index in [1.807, 2.05) is 42.5 Å². The Morgan fingerprint density at radius 1 is 0.912 bits per heavy atom. The molecule has 0 amide bonds. The lowest BCUT2D eigenvalue weighted by Crippen LogP contribution is -2.33. The molecule has 0 aliphatic carbocycles. The van der Waals surface area contributed by atoms with Gasteiger partial charge in [-0.15, -0.1) is 11.8 Å². The number of aromatic hydroxyl groups is 2. The fraction of sp³-hybridized carbons (Fsp3) is 0.321. The summed E-state index contributed by atoms with van der Waals surface area (Å²) in [6.45, 7) is 3.87. The first kappa shape index (κ1) is 22.8. The number of carbonyl (C=O) groups is 1. The number of phenols is 2. The molecule has 5 nitrogen and oxygen atoms in total. The number of benzene rings is 3. The van der Waals surface area contributed by atoms with Crippen LogP contribution in [-0.4, -0.2) is 47.1 Å². The van der Waals surface area contributed by atoms with E-state index < -0.39 is 0 Å². The standard InChI is InChI=1S/C28H29NO4S/c30-21-8-4-20(5-9-21)28-26(24-13-10-22(31)18-25(24)34-28)27(32)19-6-11-23(12-7-19)33-17-16-29-14-2-1-3-15-29/h4-13,18,26,28,30-31H,1-3,14-17H2. The Morgan fingerprint density at radius 2 is 1.62 bits per heavy atom. The molecule has 0 spiro atoms. The van der Waals surface area contributed by atoms with E-state index in [1.54, 1.807) is 36.0 Å². The van der Waals surface area contributed by atoms with Crippen molar-refractivity contribution in [3.8, 4) is 17.2 Å². The number of hydrogen-bond acceptors (Lipinski definition) is 6. The van der Waals surface area contributed by atoms with Gasteiger partial charge >= 0.3 is 0 Å². The Bertz CT molecular complexity index is 1140. The van der Waals surface area contributed by atoms with E-state index in [0.29, 0.717) is 12.2 Å². The topological polar surface area (TPSA) is 70.0 Å². The van der Waals surface area contributed by atoms with Gasteiger partial charge in [-0.3, -0.25) is 9.69 Å². The quantitative estimate of drug-likeness (QED) is 0.423. The zero-order valence-electron chi connectivity index (χ0n) is 19.0. The molecule has 5 rings (SSSR count). The van der Waals surface area contributed by atoms with Gasteiger partial charge in [0.2, 0.25) is 0 Å². The highest BCUT2D eigenvalue weighted by Gasteiger charge is 2.39. The van der Waals surface area contributed by atoms with Crippen LogP contribution in [-0.2, 0) is 0 Å². The van der Waals surface area contributed by atoms with E-state index in [2.05, 4.69) is 4.90 Å². The van der Waals surface area contributed by atoms with Gasteiger partial charge in [0.1, 0.15) is 23.9 Å². The Labute approximate surface area is 204 Å². The molecule has 0 aromatic heterocycles. The number of piperidine rings is 1. The molecule has 2 heterocycles. The minimum absolute atomic E-state index is 0.0369. The van der Waals surface area contributed by atoms with Crippen LogP contribution in [0.15, 0.2) is 71.6 Å². The second-order valence-corrected chi connectivity index (χ2v) is 10.2. The van der Waals surface area contributed by atoms with E-state index in [4.69, 9.17) is 4.74 Å². The van der Waals surface area contributed by atoms with Crippen LogP contribution in [0.4, 0.5) is 0 Å². The van der Waals surface area contributed by atoms with Crippen LogP contribution in [0.5, 0.6) is 17.2 Å². The molecule has 176 valence electrons. The maximum absolute atomic E-state index is 13.7. The first-order valence-electron chi connectivity index (χ1n) is 11.9. The lowest BCUT2D eigenvalue weighted by atomic mass is 9.85. The van der Waals surface area contributed by atoms with Crippen LogP contribution >= 0.6 is 11.8 Å². The highest BCUT2D eigenvalue weighted by Crippen LogP contribution is 2.56. The Kier molecular flexibility index (Phi) is 6.79. The van der Waals surface area contributed by atoms with Crippen molar-refractivity contribution in [1.29, 1.82) is 0 Å². The van der Waals surface area contributed by atoms with Crippen molar-refractivity contribution >= 4 is 17.5 Å². The van der Waals surface area contributed by atoms with Gasteiger partial charge in [-0.2, -0.15) is 0 Å². The van der Waals surface area contributed by atoms with Gasteiger partial charge in [-0.25, -0.2) is 0 Å². The molecule has 3 aromatic rings. The molecular weight excluding hydrogens is 446 g/mol. The SMILES string of the molecule is O=C(c1ccc(OCCN2CCCCC2)cc1)C1c2ccc(O)cc2SC1c1ccc(O)cc1. The third-order valence-corrected chi connectivity index (χ3v) is 8.06. The summed E-state index contributed by atoms with van der Waals surface area (Å²) in [6, 6.07) is 19.7. The summed E-state index contributed by atoms with van der Waals surface area (Å²) in [7, 11) is 0. The lowest BCUT2D eigenvalue weighted by molar-refractivity contribution is 0.0958. The predicted molar refractivity (Wildman–Crippen MR) is 134 cm³/mol. The van der Waals surface area contributed by atoms with Gasteiger partial charge < -0.3 is 14.9 Å². The normalized spacial score (nSPS) is 20.1.